The predicted octanol–water partition coefficient (Wildman–Crippen LogP) is 3.03. The van der Waals surface area contributed by atoms with E-state index in [0.717, 1.165) is 33.3 Å². The molecule has 1 heterocycles. The Hall–Kier alpha value is -3.85. The third kappa shape index (κ3) is 5.55. The van der Waals surface area contributed by atoms with Gasteiger partial charge in [-0.2, -0.15) is 0 Å². The van der Waals surface area contributed by atoms with E-state index in [2.05, 4.69) is 4.98 Å². The SMILES string of the molecule is COC(=O)Cc1c[nH]c2cc(OCc3ccccc3OCc3ccc(C(N)(N)N)cc3)ccc12. The van der Waals surface area contributed by atoms with E-state index in [1.54, 1.807) is 12.1 Å². The first kappa shape index (κ1) is 23.3. The molecule has 0 radical (unpaired) electrons. The molecule has 0 bridgehead atoms. The second kappa shape index (κ2) is 9.96. The Balaban J connectivity index is 1.40. The second-order valence-electron chi connectivity index (χ2n) is 8.09. The Kier molecular flexibility index (Phi) is 6.83. The monoisotopic (exact) mass is 460 g/mol. The molecule has 0 fully saturated rings. The number of aromatic amines is 1. The summed E-state index contributed by atoms with van der Waals surface area (Å²) < 4.78 is 16.8. The summed E-state index contributed by atoms with van der Waals surface area (Å²) in [5.41, 5.74) is 21.5. The number of methoxy groups -OCH3 is 1. The quantitative estimate of drug-likeness (QED) is 0.222. The summed E-state index contributed by atoms with van der Waals surface area (Å²) in [5, 5.41) is 0.962. The molecule has 7 N–H and O–H groups in total. The van der Waals surface area contributed by atoms with Crippen LogP contribution in [0.25, 0.3) is 10.9 Å². The molecule has 4 aromatic rings. The molecule has 8 heteroatoms. The molecule has 3 aromatic carbocycles. The number of nitrogens with two attached hydrogens (primary N) is 3. The Morgan fingerprint density at radius 1 is 0.912 bits per heavy atom. The highest BCUT2D eigenvalue weighted by Crippen LogP contribution is 2.26. The smallest absolute Gasteiger partial charge is 0.310 e. The Bertz CT molecular complexity index is 1280. The van der Waals surface area contributed by atoms with E-state index in [0.29, 0.717) is 24.5 Å². The molecule has 0 saturated carbocycles. The molecular weight excluding hydrogens is 432 g/mol. The summed E-state index contributed by atoms with van der Waals surface area (Å²) in [4.78, 5) is 14.8. The average Bonchev–Trinajstić information content (AvgIpc) is 3.23. The van der Waals surface area contributed by atoms with Gasteiger partial charge in [0.05, 0.1) is 13.5 Å². The molecular formula is C26H28N4O4. The van der Waals surface area contributed by atoms with Crippen molar-refractivity contribution >= 4 is 16.9 Å². The highest BCUT2D eigenvalue weighted by atomic mass is 16.5. The molecule has 0 atom stereocenters. The number of rotatable bonds is 9. The Labute approximate surface area is 197 Å². The number of benzene rings is 3. The summed E-state index contributed by atoms with van der Waals surface area (Å²) >= 11 is 0. The van der Waals surface area contributed by atoms with Crippen LogP contribution in [-0.2, 0) is 35.0 Å². The van der Waals surface area contributed by atoms with Crippen LogP contribution in [-0.4, -0.2) is 18.1 Å². The number of esters is 1. The Morgan fingerprint density at radius 2 is 1.68 bits per heavy atom. The van der Waals surface area contributed by atoms with Crippen LogP contribution >= 0.6 is 0 Å². The fraction of sp³-hybridized carbons (Fsp3) is 0.192. The minimum atomic E-state index is -1.37. The number of carbonyl (C=O) groups is 1. The molecule has 0 aliphatic carbocycles. The maximum absolute atomic E-state index is 11.6. The number of para-hydroxylation sites is 1. The molecule has 34 heavy (non-hydrogen) atoms. The molecule has 0 saturated heterocycles. The van der Waals surface area contributed by atoms with E-state index < -0.39 is 5.79 Å². The van der Waals surface area contributed by atoms with Gasteiger partial charge in [-0.3, -0.25) is 22.0 Å². The van der Waals surface area contributed by atoms with Crippen LogP contribution in [0.1, 0.15) is 22.3 Å². The lowest BCUT2D eigenvalue weighted by Gasteiger charge is -2.19. The maximum atomic E-state index is 11.6. The molecule has 8 nitrogen and oxygen atoms in total. The maximum Gasteiger partial charge on any atom is 0.310 e. The molecule has 1 aromatic heterocycles. The largest absolute Gasteiger partial charge is 0.489 e. The number of hydrogen-bond donors (Lipinski definition) is 4. The van der Waals surface area contributed by atoms with Gasteiger partial charge >= 0.3 is 5.97 Å². The number of carbonyl (C=O) groups excluding carboxylic acids is 1. The van der Waals surface area contributed by atoms with Crippen LogP contribution in [0.4, 0.5) is 0 Å². The lowest BCUT2D eigenvalue weighted by Crippen LogP contribution is -2.54. The second-order valence-corrected chi connectivity index (χ2v) is 8.09. The van der Waals surface area contributed by atoms with Gasteiger partial charge in [0, 0.05) is 34.3 Å². The van der Waals surface area contributed by atoms with Gasteiger partial charge in [-0.15, -0.1) is 0 Å². The van der Waals surface area contributed by atoms with Crippen LogP contribution in [0.5, 0.6) is 11.5 Å². The molecule has 0 aliphatic heterocycles. The first-order chi connectivity index (χ1) is 16.3. The third-order valence-corrected chi connectivity index (χ3v) is 5.52. The predicted molar refractivity (Wildman–Crippen MR) is 130 cm³/mol. The van der Waals surface area contributed by atoms with Crippen molar-refractivity contribution < 1.29 is 19.0 Å². The summed E-state index contributed by atoms with van der Waals surface area (Å²) in [6.07, 6.45) is 2.03. The number of ether oxygens (including phenoxy) is 3. The summed E-state index contributed by atoms with van der Waals surface area (Å²) in [5.74, 6) is -0.202. The van der Waals surface area contributed by atoms with Crippen LogP contribution in [0.15, 0.2) is 72.9 Å². The lowest BCUT2D eigenvalue weighted by atomic mass is 10.1. The van der Waals surface area contributed by atoms with Gasteiger partial charge in [0.25, 0.3) is 0 Å². The third-order valence-electron chi connectivity index (χ3n) is 5.52. The van der Waals surface area contributed by atoms with E-state index in [-0.39, 0.29) is 12.4 Å². The molecule has 0 unspecified atom stereocenters. The Morgan fingerprint density at radius 3 is 2.41 bits per heavy atom. The summed E-state index contributed by atoms with van der Waals surface area (Å²) in [6, 6.07) is 20.8. The van der Waals surface area contributed by atoms with Crippen LogP contribution in [0.3, 0.4) is 0 Å². The first-order valence-electron chi connectivity index (χ1n) is 10.8. The average molecular weight is 461 g/mol. The van der Waals surface area contributed by atoms with E-state index in [1.807, 2.05) is 60.8 Å². The molecule has 0 aliphatic rings. The van der Waals surface area contributed by atoms with E-state index in [1.165, 1.54) is 7.11 Å². The van der Waals surface area contributed by atoms with Crippen LogP contribution in [0.2, 0.25) is 0 Å². The lowest BCUT2D eigenvalue weighted by molar-refractivity contribution is -0.139. The van der Waals surface area contributed by atoms with Crippen LogP contribution in [0, 0.1) is 0 Å². The first-order valence-corrected chi connectivity index (χ1v) is 10.8. The van der Waals surface area contributed by atoms with Crippen molar-refractivity contribution in [3.8, 4) is 11.5 Å². The zero-order chi connectivity index (χ0) is 24.1. The van der Waals surface area contributed by atoms with E-state index in [4.69, 9.17) is 31.4 Å². The zero-order valence-electron chi connectivity index (χ0n) is 18.9. The van der Waals surface area contributed by atoms with Crippen molar-refractivity contribution in [3.05, 3.63) is 95.2 Å². The van der Waals surface area contributed by atoms with Crippen molar-refractivity contribution in [1.82, 2.24) is 4.98 Å². The fourth-order valence-corrected chi connectivity index (χ4v) is 3.60. The van der Waals surface area contributed by atoms with Gasteiger partial charge in [0.1, 0.15) is 30.5 Å². The fourth-order valence-electron chi connectivity index (χ4n) is 3.60. The number of fused-ring (bicyclic) bond motifs is 1. The highest BCUT2D eigenvalue weighted by molar-refractivity contribution is 5.88. The standard InChI is InChI=1S/C26H28N4O4/c1-32-25(31)12-19-14-30-23-13-21(10-11-22(19)23)33-16-18-4-2-3-5-24(18)34-15-17-6-8-20(9-7-17)26(27,28)29/h2-11,13-14,30H,12,15-16,27-29H2,1H3. The molecule has 0 amide bonds. The molecule has 176 valence electrons. The van der Waals surface area contributed by atoms with Gasteiger partial charge in [-0.05, 0) is 29.3 Å². The van der Waals surface area contributed by atoms with Crippen molar-refractivity contribution in [2.45, 2.75) is 25.4 Å². The summed E-state index contributed by atoms with van der Waals surface area (Å²) in [7, 11) is 1.38. The topological polar surface area (TPSA) is 139 Å². The van der Waals surface area contributed by atoms with Gasteiger partial charge in [0.2, 0.25) is 0 Å². The van der Waals surface area contributed by atoms with E-state index >= 15 is 0 Å². The zero-order valence-corrected chi connectivity index (χ0v) is 18.9. The van der Waals surface area contributed by atoms with Crippen molar-refractivity contribution in [3.63, 3.8) is 0 Å². The van der Waals surface area contributed by atoms with Gasteiger partial charge in [-0.25, -0.2) is 0 Å². The highest BCUT2D eigenvalue weighted by Gasteiger charge is 2.15. The van der Waals surface area contributed by atoms with Gasteiger partial charge in [-0.1, -0.05) is 42.5 Å². The van der Waals surface area contributed by atoms with Crippen molar-refractivity contribution in [1.29, 1.82) is 0 Å². The summed E-state index contributed by atoms with van der Waals surface area (Å²) in [6.45, 7) is 0.716. The molecule has 0 spiro atoms. The number of aromatic nitrogens is 1. The molecule has 4 rings (SSSR count). The van der Waals surface area contributed by atoms with Crippen molar-refractivity contribution in [2.24, 2.45) is 17.2 Å². The minimum Gasteiger partial charge on any atom is -0.489 e. The number of nitrogens with one attached hydrogen (secondary N) is 1. The number of hydrogen-bond acceptors (Lipinski definition) is 7. The van der Waals surface area contributed by atoms with Gasteiger partial charge in [0.15, 0.2) is 0 Å². The van der Waals surface area contributed by atoms with Crippen molar-refractivity contribution in [2.75, 3.05) is 7.11 Å². The normalized spacial score (nSPS) is 11.4. The minimum absolute atomic E-state index is 0.218. The van der Waals surface area contributed by atoms with E-state index in [9.17, 15) is 4.79 Å². The van der Waals surface area contributed by atoms with Crippen LogP contribution < -0.4 is 26.7 Å². The number of H-pyrrole nitrogens is 1. The van der Waals surface area contributed by atoms with Gasteiger partial charge < -0.3 is 19.2 Å².